The van der Waals surface area contributed by atoms with E-state index in [9.17, 15) is 0 Å². The minimum Gasteiger partial charge on any atom is -0.357 e. The zero-order chi connectivity index (χ0) is 13.4. The maximum Gasteiger partial charge on any atom is 0.224 e. The number of aromatic nitrogens is 2. The van der Waals surface area contributed by atoms with Gasteiger partial charge in [0.15, 0.2) is 0 Å². The molecule has 0 amide bonds. The molecule has 0 bridgehead atoms. The smallest absolute Gasteiger partial charge is 0.224 e. The van der Waals surface area contributed by atoms with E-state index in [2.05, 4.69) is 53.0 Å². The second-order valence-electron chi connectivity index (χ2n) is 4.49. The van der Waals surface area contributed by atoms with Gasteiger partial charge in [0.1, 0.15) is 5.82 Å². The molecule has 1 rings (SSSR count). The Bertz CT molecular complexity index is 336. The SMILES string of the molecule is CCN(CC)c1ccnc(NCCCN(C)C)n1. The molecule has 0 spiro atoms. The molecule has 0 unspecified atom stereocenters. The van der Waals surface area contributed by atoms with E-state index in [1.807, 2.05) is 12.3 Å². The highest BCUT2D eigenvalue weighted by Crippen LogP contribution is 2.11. The summed E-state index contributed by atoms with van der Waals surface area (Å²) in [5.41, 5.74) is 0. The average Bonchev–Trinajstić information content (AvgIpc) is 2.36. The van der Waals surface area contributed by atoms with Crippen LogP contribution in [0.25, 0.3) is 0 Å². The fraction of sp³-hybridized carbons (Fsp3) is 0.692. The molecule has 0 aliphatic heterocycles. The molecular weight excluding hydrogens is 226 g/mol. The van der Waals surface area contributed by atoms with Gasteiger partial charge in [-0.1, -0.05) is 0 Å². The largest absolute Gasteiger partial charge is 0.357 e. The lowest BCUT2D eigenvalue weighted by atomic mass is 10.4. The van der Waals surface area contributed by atoms with Crippen LogP contribution in [0.15, 0.2) is 12.3 Å². The Morgan fingerprint density at radius 1 is 1.22 bits per heavy atom. The molecule has 0 saturated carbocycles. The van der Waals surface area contributed by atoms with E-state index in [4.69, 9.17) is 0 Å². The first-order valence-electron chi connectivity index (χ1n) is 6.64. The first-order valence-corrected chi connectivity index (χ1v) is 6.64. The number of rotatable bonds is 8. The summed E-state index contributed by atoms with van der Waals surface area (Å²) in [4.78, 5) is 13.2. The molecule has 1 heterocycles. The summed E-state index contributed by atoms with van der Waals surface area (Å²) in [6.45, 7) is 8.18. The summed E-state index contributed by atoms with van der Waals surface area (Å²) in [6, 6.07) is 1.96. The Morgan fingerprint density at radius 3 is 2.56 bits per heavy atom. The van der Waals surface area contributed by atoms with E-state index in [0.717, 1.165) is 44.4 Å². The van der Waals surface area contributed by atoms with E-state index in [1.54, 1.807) is 0 Å². The Labute approximate surface area is 110 Å². The van der Waals surface area contributed by atoms with E-state index >= 15 is 0 Å². The molecule has 0 aliphatic carbocycles. The first-order chi connectivity index (χ1) is 8.67. The second kappa shape index (κ2) is 7.87. The molecule has 5 heteroatoms. The predicted molar refractivity (Wildman–Crippen MR) is 77.3 cm³/mol. The molecule has 0 aromatic carbocycles. The van der Waals surface area contributed by atoms with Gasteiger partial charge in [-0.05, 0) is 47.0 Å². The van der Waals surface area contributed by atoms with Crippen LogP contribution < -0.4 is 10.2 Å². The molecule has 18 heavy (non-hydrogen) atoms. The van der Waals surface area contributed by atoms with Crippen molar-refractivity contribution < 1.29 is 0 Å². The maximum atomic E-state index is 4.52. The third-order valence-corrected chi connectivity index (χ3v) is 2.79. The van der Waals surface area contributed by atoms with Crippen molar-refractivity contribution in [1.82, 2.24) is 14.9 Å². The third kappa shape index (κ3) is 4.87. The Kier molecular flexibility index (Phi) is 6.43. The number of anilines is 2. The molecule has 1 aromatic rings. The van der Waals surface area contributed by atoms with Crippen LogP contribution in [0, 0.1) is 0 Å². The standard InChI is InChI=1S/C13H25N5/c1-5-18(6-2)12-8-10-15-13(16-12)14-9-7-11-17(3)4/h8,10H,5-7,9,11H2,1-4H3,(H,14,15,16). The van der Waals surface area contributed by atoms with Gasteiger partial charge in [-0.3, -0.25) is 0 Å². The lowest BCUT2D eigenvalue weighted by molar-refractivity contribution is 0.405. The van der Waals surface area contributed by atoms with Crippen LogP contribution in [-0.2, 0) is 0 Å². The molecule has 0 aliphatic rings. The van der Waals surface area contributed by atoms with Crippen molar-refractivity contribution in [3.63, 3.8) is 0 Å². The minimum absolute atomic E-state index is 0.721. The highest BCUT2D eigenvalue weighted by Gasteiger charge is 2.04. The third-order valence-electron chi connectivity index (χ3n) is 2.79. The zero-order valence-corrected chi connectivity index (χ0v) is 12.0. The number of nitrogens with zero attached hydrogens (tertiary/aromatic N) is 4. The van der Waals surface area contributed by atoms with Gasteiger partial charge in [0, 0.05) is 25.8 Å². The Morgan fingerprint density at radius 2 is 1.94 bits per heavy atom. The first kappa shape index (κ1) is 14.7. The summed E-state index contributed by atoms with van der Waals surface area (Å²) < 4.78 is 0. The molecule has 1 aromatic heterocycles. The van der Waals surface area contributed by atoms with Gasteiger partial charge in [0.2, 0.25) is 5.95 Å². The van der Waals surface area contributed by atoms with Gasteiger partial charge in [0.25, 0.3) is 0 Å². The highest BCUT2D eigenvalue weighted by molar-refractivity contribution is 5.42. The fourth-order valence-corrected chi connectivity index (χ4v) is 1.75. The van der Waals surface area contributed by atoms with E-state index in [-0.39, 0.29) is 0 Å². The van der Waals surface area contributed by atoms with Gasteiger partial charge >= 0.3 is 0 Å². The van der Waals surface area contributed by atoms with E-state index in [0.29, 0.717) is 0 Å². The van der Waals surface area contributed by atoms with Gasteiger partial charge < -0.3 is 15.1 Å². The topological polar surface area (TPSA) is 44.3 Å². The van der Waals surface area contributed by atoms with Gasteiger partial charge in [-0.25, -0.2) is 4.98 Å². The molecular formula is C13H25N5. The van der Waals surface area contributed by atoms with Crippen molar-refractivity contribution in [3.8, 4) is 0 Å². The number of nitrogens with one attached hydrogen (secondary N) is 1. The molecule has 102 valence electrons. The molecule has 1 N–H and O–H groups in total. The van der Waals surface area contributed by atoms with E-state index in [1.165, 1.54) is 0 Å². The lowest BCUT2D eigenvalue weighted by Crippen LogP contribution is -2.23. The minimum atomic E-state index is 0.721. The van der Waals surface area contributed by atoms with Gasteiger partial charge in [-0.2, -0.15) is 4.98 Å². The summed E-state index contributed by atoms with van der Waals surface area (Å²) >= 11 is 0. The summed E-state index contributed by atoms with van der Waals surface area (Å²) in [6.07, 6.45) is 2.90. The lowest BCUT2D eigenvalue weighted by Gasteiger charge is -2.19. The molecule has 5 nitrogen and oxygen atoms in total. The molecule has 0 radical (unpaired) electrons. The monoisotopic (exact) mass is 251 g/mol. The predicted octanol–water partition coefficient (Wildman–Crippen LogP) is 1.69. The fourth-order valence-electron chi connectivity index (χ4n) is 1.75. The van der Waals surface area contributed by atoms with Crippen LogP contribution in [0.3, 0.4) is 0 Å². The van der Waals surface area contributed by atoms with Crippen LogP contribution in [0.4, 0.5) is 11.8 Å². The zero-order valence-electron chi connectivity index (χ0n) is 12.0. The van der Waals surface area contributed by atoms with Crippen LogP contribution in [0.1, 0.15) is 20.3 Å². The van der Waals surface area contributed by atoms with Crippen LogP contribution in [0.2, 0.25) is 0 Å². The molecule has 0 saturated heterocycles. The number of hydrogen-bond donors (Lipinski definition) is 1. The van der Waals surface area contributed by atoms with Crippen molar-refractivity contribution in [1.29, 1.82) is 0 Å². The highest BCUT2D eigenvalue weighted by atomic mass is 15.2. The average molecular weight is 251 g/mol. The van der Waals surface area contributed by atoms with Crippen LogP contribution >= 0.6 is 0 Å². The summed E-state index contributed by atoms with van der Waals surface area (Å²) in [5, 5.41) is 3.27. The number of hydrogen-bond acceptors (Lipinski definition) is 5. The second-order valence-corrected chi connectivity index (χ2v) is 4.49. The van der Waals surface area contributed by atoms with Crippen molar-refractivity contribution in [3.05, 3.63) is 12.3 Å². The summed E-state index contributed by atoms with van der Waals surface area (Å²) in [5.74, 6) is 1.71. The Balaban J connectivity index is 2.49. The van der Waals surface area contributed by atoms with Crippen LogP contribution in [0.5, 0.6) is 0 Å². The normalized spacial score (nSPS) is 10.7. The Hall–Kier alpha value is -1.36. The quantitative estimate of drug-likeness (QED) is 0.712. The van der Waals surface area contributed by atoms with Crippen LogP contribution in [-0.4, -0.2) is 55.1 Å². The van der Waals surface area contributed by atoms with Crippen molar-refractivity contribution in [2.45, 2.75) is 20.3 Å². The molecule has 0 fully saturated rings. The van der Waals surface area contributed by atoms with Gasteiger partial charge in [0.05, 0.1) is 0 Å². The van der Waals surface area contributed by atoms with Crippen molar-refractivity contribution in [2.75, 3.05) is 50.5 Å². The maximum absolute atomic E-state index is 4.52. The van der Waals surface area contributed by atoms with Gasteiger partial charge in [-0.15, -0.1) is 0 Å². The summed E-state index contributed by atoms with van der Waals surface area (Å²) in [7, 11) is 4.16. The van der Waals surface area contributed by atoms with Crippen molar-refractivity contribution in [2.24, 2.45) is 0 Å². The van der Waals surface area contributed by atoms with E-state index < -0.39 is 0 Å². The molecule has 0 atom stereocenters. The van der Waals surface area contributed by atoms with Crippen molar-refractivity contribution >= 4 is 11.8 Å².